The van der Waals surface area contributed by atoms with Crippen LogP contribution in [0.1, 0.15) is 30.4 Å². The summed E-state index contributed by atoms with van der Waals surface area (Å²) >= 11 is 3.48. The molecule has 1 aliphatic rings. The lowest BCUT2D eigenvalue weighted by Gasteiger charge is -2.39. The van der Waals surface area contributed by atoms with Crippen LogP contribution in [0.5, 0.6) is 5.75 Å². The molecule has 7 heteroatoms. The molecule has 2 atom stereocenters. The fourth-order valence-electron chi connectivity index (χ4n) is 4.73. The van der Waals surface area contributed by atoms with E-state index in [2.05, 4.69) is 15.9 Å². The largest absolute Gasteiger partial charge is 0.490 e. The Kier molecular flexibility index (Phi) is 9.34. The molecule has 1 heterocycles. The van der Waals surface area contributed by atoms with E-state index in [9.17, 15) is 14.0 Å². The van der Waals surface area contributed by atoms with Crippen molar-refractivity contribution < 1.29 is 18.7 Å². The lowest BCUT2D eigenvalue weighted by molar-refractivity contribution is -0.138. The van der Waals surface area contributed by atoms with Gasteiger partial charge in [0.15, 0.2) is 0 Å². The number of benzene rings is 3. The van der Waals surface area contributed by atoms with Crippen molar-refractivity contribution in [1.82, 2.24) is 9.80 Å². The Morgan fingerprint density at radius 1 is 1.05 bits per heavy atom. The number of aryl methyl sites for hydroxylation is 1. The highest BCUT2D eigenvalue weighted by Gasteiger charge is 2.35. The Morgan fingerprint density at radius 3 is 2.57 bits per heavy atom. The van der Waals surface area contributed by atoms with Gasteiger partial charge in [0.05, 0.1) is 0 Å². The van der Waals surface area contributed by atoms with Gasteiger partial charge in [-0.25, -0.2) is 4.39 Å². The first-order valence-corrected chi connectivity index (χ1v) is 13.4. The highest BCUT2D eigenvalue weighted by molar-refractivity contribution is 9.10. The van der Waals surface area contributed by atoms with E-state index < -0.39 is 0 Å². The van der Waals surface area contributed by atoms with E-state index in [0.29, 0.717) is 38.0 Å². The van der Waals surface area contributed by atoms with Crippen molar-refractivity contribution in [3.63, 3.8) is 0 Å². The predicted octanol–water partition coefficient (Wildman–Crippen LogP) is 5.87. The van der Waals surface area contributed by atoms with Gasteiger partial charge in [-0.3, -0.25) is 9.59 Å². The molecule has 4 rings (SSSR count). The third-order valence-electron chi connectivity index (χ3n) is 6.79. The summed E-state index contributed by atoms with van der Waals surface area (Å²) in [5, 5.41) is 0. The molecular weight excluding hydrogens is 535 g/mol. The Labute approximate surface area is 226 Å². The monoisotopic (exact) mass is 566 g/mol. The quantitative estimate of drug-likeness (QED) is 0.325. The average Bonchev–Trinajstić information content (AvgIpc) is 2.89. The Morgan fingerprint density at radius 2 is 1.81 bits per heavy atom. The second-order valence-electron chi connectivity index (χ2n) is 9.53. The minimum Gasteiger partial charge on any atom is -0.490 e. The fourth-order valence-corrected chi connectivity index (χ4v) is 5.11. The molecule has 3 aromatic carbocycles. The van der Waals surface area contributed by atoms with Crippen LogP contribution in [0.3, 0.4) is 0 Å². The zero-order valence-electron chi connectivity index (χ0n) is 21.0. The minimum absolute atomic E-state index is 0.0114. The number of carbonyl (C=O) groups is 2. The van der Waals surface area contributed by atoms with Gasteiger partial charge < -0.3 is 14.5 Å². The number of piperidine rings is 1. The molecule has 0 aromatic heterocycles. The van der Waals surface area contributed by atoms with Gasteiger partial charge in [0.25, 0.3) is 0 Å². The molecule has 0 saturated carbocycles. The molecule has 1 saturated heterocycles. The highest BCUT2D eigenvalue weighted by Crippen LogP contribution is 2.28. The molecule has 0 bridgehead atoms. The van der Waals surface area contributed by atoms with Crippen LogP contribution in [-0.2, 0) is 22.6 Å². The number of rotatable bonds is 9. The predicted molar refractivity (Wildman–Crippen MR) is 145 cm³/mol. The van der Waals surface area contributed by atoms with Crippen LogP contribution in [0, 0.1) is 11.7 Å². The van der Waals surface area contributed by atoms with Crippen LogP contribution in [-0.4, -0.2) is 47.9 Å². The Bertz CT molecular complexity index is 1210. The van der Waals surface area contributed by atoms with Gasteiger partial charge in [0.1, 0.15) is 17.7 Å². The standard InChI is InChI=1S/C30H32BrFN2O3/c1-33(20-22-8-3-2-4-9-22)30(36)18-24-21-34(29(35)15-14-23-10-5-6-13-27(23)32)17-16-28(24)37-26-12-7-11-25(31)19-26/h2-13,19,24,28H,14-18,20-21H2,1H3/t24-,28-/m0/s1. The first kappa shape index (κ1) is 26.9. The lowest BCUT2D eigenvalue weighted by Crippen LogP contribution is -2.49. The maximum Gasteiger partial charge on any atom is 0.223 e. The number of halogens is 2. The van der Waals surface area contributed by atoms with E-state index in [4.69, 9.17) is 4.74 Å². The van der Waals surface area contributed by atoms with Crippen molar-refractivity contribution in [2.45, 2.75) is 38.3 Å². The summed E-state index contributed by atoms with van der Waals surface area (Å²) in [7, 11) is 1.81. The van der Waals surface area contributed by atoms with Crippen molar-refractivity contribution in [2.24, 2.45) is 5.92 Å². The number of nitrogens with zero attached hydrogens (tertiary/aromatic N) is 2. The van der Waals surface area contributed by atoms with Crippen LogP contribution in [0.2, 0.25) is 0 Å². The van der Waals surface area contributed by atoms with Crippen molar-refractivity contribution in [1.29, 1.82) is 0 Å². The SMILES string of the molecule is CN(Cc1ccccc1)C(=O)C[C@H]1CN(C(=O)CCc2ccccc2F)CC[C@@H]1Oc1cccc(Br)c1. The summed E-state index contributed by atoms with van der Waals surface area (Å²) in [6, 6.07) is 24.1. The van der Waals surface area contributed by atoms with Gasteiger partial charge in [-0.1, -0.05) is 70.5 Å². The molecule has 2 amide bonds. The number of amides is 2. The molecule has 0 aliphatic carbocycles. The van der Waals surface area contributed by atoms with E-state index in [1.165, 1.54) is 6.07 Å². The fraction of sp³-hybridized carbons (Fsp3) is 0.333. The zero-order chi connectivity index (χ0) is 26.2. The summed E-state index contributed by atoms with van der Waals surface area (Å²) < 4.78 is 21.3. The van der Waals surface area contributed by atoms with Crippen LogP contribution in [0.15, 0.2) is 83.3 Å². The maximum atomic E-state index is 14.0. The Balaban J connectivity index is 1.43. The van der Waals surface area contributed by atoms with Crippen molar-refractivity contribution in [3.8, 4) is 5.75 Å². The van der Waals surface area contributed by atoms with Gasteiger partial charge in [0, 0.05) is 56.3 Å². The van der Waals surface area contributed by atoms with E-state index in [1.54, 1.807) is 35.0 Å². The zero-order valence-corrected chi connectivity index (χ0v) is 22.6. The van der Waals surface area contributed by atoms with Crippen LogP contribution in [0.4, 0.5) is 4.39 Å². The van der Waals surface area contributed by atoms with Crippen LogP contribution in [0.25, 0.3) is 0 Å². The molecular formula is C30H32BrFN2O3. The third kappa shape index (κ3) is 7.65. The molecule has 1 aliphatic heterocycles. The highest BCUT2D eigenvalue weighted by atomic mass is 79.9. The summed E-state index contributed by atoms with van der Waals surface area (Å²) in [4.78, 5) is 29.8. The van der Waals surface area contributed by atoms with Gasteiger partial charge in [-0.05, 0) is 41.8 Å². The average molecular weight is 567 g/mol. The van der Waals surface area contributed by atoms with E-state index >= 15 is 0 Å². The van der Waals surface area contributed by atoms with E-state index in [-0.39, 0.29) is 42.5 Å². The van der Waals surface area contributed by atoms with Gasteiger partial charge >= 0.3 is 0 Å². The minimum atomic E-state index is -0.290. The first-order chi connectivity index (χ1) is 17.9. The number of hydrogen-bond donors (Lipinski definition) is 0. The van der Waals surface area contributed by atoms with Gasteiger partial charge in [0.2, 0.25) is 11.8 Å². The second-order valence-corrected chi connectivity index (χ2v) is 10.4. The molecule has 5 nitrogen and oxygen atoms in total. The molecule has 0 unspecified atom stereocenters. The number of carbonyl (C=O) groups excluding carboxylic acids is 2. The van der Waals surface area contributed by atoms with Crippen molar-refractivity contribution >= 4 is 27.7 Å². The topological polar surface area (TPSA) is 49.9 Å². The first-order valence-electron chi connectivity index (χ1n) is 12.6. The van der Waals surface area contributed by atoms with E-state index in [0.717, 1.165) is 15.8 Å². The van der Waals surface area contributed by atoms with Crippen molar-refractivity contribution in [3.05, 3.63) is 100 Å². The summed E-state index contributed by atoms with van der Waals surface area (Å²) in [5.41, 5.74) is 1.60. The number of hydrogen-bond acceptors (Lipinski definition) is 3. The normalized spacial score (nSPS) is 17.3. The summed E-state index contributed by atoms with van der Waals surface area (Å²) in [5.74, 6) is 0.266. The second kappa shape index (κ2) is 12.9. The van der Waals surface area contributed by atoms with Crippen LogP contribution < -0.4 is 4.74 Å². The molecule has 3 aromatic rings. The van der Waals surface area contributed by atoms with Gasteiger partial charge in [-0.2, -0.15) is 0 Å². The molecule has 0 N–H and O–H groups in total. The van der Waals surface area contributed by atoms with E-state index in [1.807, 2.05) is 54.6 Å². The molecule has 37 heavy (non-hydrogen) atoms. The summed E-state index contributed by atoms with van der Waals surface area (Å²) in [6.45, 7) is 1.49. The molecule has 1 fully saturated rings. The number of ether oxygens (including phenoxy) is 1. The number of likely N-dealkylation sites (tertiary alicyclic amines) is 1. The molecule has 0 spiro atoms. The lowest BCUT2D eigenvalue weighted by atomic mass is 9.90. The van der Waals surface area contributed by atoms with Crippen molar-refractivity contribution in [2.75, 3.05) is 20.1 Å². The van der Waals surface area contributed by atoms with Gasteiger partial charge in [-0.15, -0.1) is 0 Å². The third-order valence-corrected chi connectivity index (χ3v) is 7.28. The summed E-state index contributed by atoms with van der Waals surface area (Å²) in [6.07, 6.45) is 1.28. The molecule has 194 valence electrons. The molecule has 0 radical (unpaired) electrons. The smallest absolute Gasteiger partial charge is 0.223 e. The van der Waals surface area contributed by atoms with Crippen LogP contribution >= 0.6 is 15.9 Å². The maximum absolute atomic E-state index is 14.0. The Hall–Kier alpha value is -3.19.